The average molecular weight is 298 g/mol. The summed E-state index contributed by atoms with van der Waals surface area (Å²) in [6.45, 7) is 0.348. The molecule has 16 heavy (non-hydrogen) atoms. The number of halogens is 4. The maximum atomic E-state index is 12.5. The van der Waals surface area contributed by atoms with Crippen LogP contribution in [0.4, 0.5) is 13.2 Å². The van der Waals surface area contributed by atoms with Crippen LogP contribution in [-0.2, 0) is 12.6 Å². The third kappa shape index (κ3) is 2.89. The molecule has 0 aliphatic heterocycles. The van der Waals surface area contributed by atoms with Gasteiger partial charge in [0.25, 0.3) is 0 Å². The number of nitrogens with two attached hydrogens (primary N) is 1. The first-order valence-electron chi connectivity index (χ1n) is 4.53. The fourth-order valence-electron chi connectivity index (χ4n) is 1.34. The third-order valence-electron chi connectivity index (χ3n) is 2.10. The van der Waals surface area contributed by atoms with Crippen molar-refractivity contribution in [3.8, 4) is 5.75 Å². The summed E-state index contributed by atoms with van der Waals surface area (Å²) in [5.41, 5.74) is 5.29. The maximum absolute atomic E-state index is 12.5. The maximum Gasteiger partial charge on any atom is 0.416 e. The number of ether oxygens (including phenoxy) is 1. The molecule has 2 N–H and O–H groups in total. The number of hydrogen-bond donors (Lipinski definition) is 1. The van der Waals surface area contributed by atoms with E-state index in [0.29, 0.717) is 23.0 Å². The van der Waals surface area contributed by atoms with Gasteiger partial charge in [-0.15, -0.1) is 0 Å². The molecule has 0 spiro atoms. The van der Waals surface area contributed by atoms with E-state index in [-0.39, 0.29) is 5.75 Å². The van der Waals surface area contributed by atoms with Gasteiger partial charge in [0.05, 0.1) is 12.7 Å². The van der Waals surface area contributed by atoms with Gasteiger partial charge in [-0.2, -0.15) is 13.2 Å². The molecular formula is C10H11BrF3NO. The first kappa shape index (κ1) is 13.3. The Hall–Kier alpha value is -0.750. The average Bonchev–Trinajstić information content (AvgIpc) is 2.19. The van der Waals surface area contributed by atoms with Gasteiger partial charge >= 0.3 is 6.18 Å². The van der Waals surface area contributed by atoms with Crippen LogP contribution in [0.2, 0.25) is 0 Å². The Labute approximate surface area is 99.7 Å². The van der Waals surface area contributed by atoms with E-state index in [1.165, 1.54) is 7.11 Å². The van der Waals surface area contributed by atoms with E-state index < -0.39 is 11.7 Å². The summed E-state index contributed by atoms with van der Waals surface area (Å²) in [6.07, 6.45) is -3.92. The van der Waals surface area contributed by atoms with E-state index in [4.69, 9.17) is 10.5 Å². The lowest BCUT2D eigenvalue weighted by atomic mass is 10.1. The number of alkyl halides is 3. The van der Waals surface area contributed by atoms with Gasteiger partial charge in [-0.25, -0.2) is 0 Å². The zero-order chi connectivity index (χ0) is 12.3. The molecule has 0 radical (unpaired) electrons. The van der Waals surface area contributed by atoms with Crippen molar-refractivity contribution in [2.75, 3.05) is 13.7 Å². The molecule has 0 saturated carbocycles. The highest BCUT2D eigenvalue weighted by Crippen LogP contribution is 2.37. The van der Waals surface area contributed by atoms with Crippen LogP contribution in [-0.4, -0.2) is 13.7 Å². The van der Waals surface area contributed by atoms with Crippen molar-refractivity contribution in [3.05, 3.63) is 27.7 Å². The standard InChI is InChI=1S/C10H11BrF3NO/c1-16-9-5-6(10(12,13)14)4-8(11)7(9)2-3-15/h4-5H,2-3,15H2,1H3. The molecule has 0 heterocycles. The Morgan fingerprint density at radius 1 is 1.38 bits per heavy atom. The van der Waals surface area contributed by atoms with E-state index in [1.807, 2.05) is 0 Å². The van der Waals surface area contributed by atoms with E-state index >= 15 is 0 Å². The Bertz CT molecular complexity index is 379. The van der Waals surface area contributed by atoms with Gasteiger partial charge in [0.1, 0.15) is 5.75 Å². The summed E-state index contributed by atoms with van der Waals surface area (Å²) in [7, 11) is 1.34. The van der Waals surface area contributed by atoms with Gasteiger partial charge in [-0.3, -0.25) is 0 Å². The molecule has 0 unspecified atom stereocenters. The van der Waals surface area contributed by atoms with Crippen LogP contribution in [0.25, 0.3) is 0 Å². The second kappa shape index (κ2) is 5.05. The molecule has 0 atom stereocenters. The second-order valence-corrected chi connectivity index (χ2v) is 4.03. The van der Waals surface area contributed by atoms with Crippen molar-refractivity contribution >= 4 is 15.9 Å². The summed E-state index contributed by atoms with van der Waals surface area (Å²) in [6, 6.07) is 2.02. The quantitative estimate of drug-likeness (QED) is 0.931. The Morgan fingerprint density at radius 3 is 2.44 bits per heavy atom. The molecule has 0 bridgehead atoms. The minimum absolute atomic E-state index is 0.201. The topological polar surface area (TPSA) is 35.2 Å². The van der Waals surface area contributed by atoms with E-state index in [9.17, 15) is 13.2 Å². The summed E-state index contributed by atoms with van der Waals surface area (Å²) in [5.74, 6) is 0.201. The SMILES string of the molecule is COc1cc(C(F)(F)F)cc(Br)c1CCN. The van der Waals surface area contributed by atoms with Crippen molar-refractivity contribution in [1.82, 2.24) is 0 Å². The molecule has 0 saturated heterocycles. The number of benzene rings is 1. The fraction of sp³-hybridized carbons (Fsp3) is 0.400. The molecule has 6 heteroatoms. The number of rotatable bonds is 3. The molecule has 1 aromatic rings. The zero-order valence-electron chi connectivity index (χ0n) is 8.57. The minimum atomic E-state index is -4.38. The molecule has 2 nitrogen and oxygen atoms in total. The fourth-order valence-corrected chi connectivity index (χ4v) is 1.98. The normalized spacial score (nSPS) is 11.6. The summed E-state index contributed by atoms with van der Waals surface area (Å²) >= 11 is 3.10. The molecule has 0 fully saturated rings. The van der Waals surface area contributed by atoms with E-state index in [0.717, 1.165) is 12.1 Å². The lowest BCUT2D eigenvalue weighted by molar-refractivity contribution is -0.137. The smallest absolute Gasteiger partial charge is 0.416 e. The van der Waals surface area contributed by atoms with Gasteiger partial charge in [0.2, 0.25) is 0 Å². The van der Waals surface area contributed by atoms with Gasteiger partial charge in [0, 0.05) is 10.0 Å². The molecule has 0 aliphatic carbocycles. The van der Waals surface area contributed by atoms with Crippen LogP contribution >= 0.6 is 15.9 Å². The largest absolute Gasteiger partial charge is 0.496 e. The number of hydrogen-bond acceptors (Lipinski definition) is 2. The van der Waals surface area contributed by atoms with Crippen LogP contribution in [0.5, 0.6) is 5.75 Å². The highest BCUT2D eigenvalue weighted by Gasteiger charge is 2.32. The molecule has 1 aromatic carbocycles. The molecule has 90 valence electrons. The highest BCUT2D eigenvalue weighted by molar-refractivity contribution is 9.10. The summed E-state index contributed by atoms with van der Waals surface area (Å²) in [4.78, 5) is 0. The Morgan fingerprint density at radius 2 is 2.00 bits per heavy atom. The molecule has 1 rings (SSSR count). The van der Waals surface area contributed by atoms with Crippen molar-refractivity contribution < 1.29 is 17.9 Å². The lowest BCUT2D eigenvalue weighted by Crippen LogP contribution is -2.09. The van der Waals surface area contributed by atoms with Crippen LogP contribution in [0.3, 0.4) is 0 Å². The second-order valence-electron chi connectivity index (χ2n) is 3.18. The van der Waals surface area contributed by atoms with E-state index in [1.54, 1.807) is 0 Å². The predicted octanol–water partition coefficient (Wildman–Crippen LogP) is 2.98. The Balaban J connectivity index is 3.26. The van der Waals surface area contributed by atoms with Crippen molar-refractivity contribution in [1.29, 1.82) is 0 Å². The van der Waals surface area contributed by atoms with Gasteiger partial charge in [-0.05, 0) is 25.1 Å². The highest BCUT2D eigenvalue weighted by atomic mass is 79.9. The number of methoxy groups -OCH3 is 1. The first-order chi connectivity index (χ1) is 7.40. The van der Waals surface area contributed by atoms with Crippen molar-refractivity contribution in [2.45, 2.75) is 12.6 Å². The predicted molar refractivity (Wildman–Crippen MR) is 58.5 cm³/mol. The van der Waals surface area contributed by atoms with Crippen molar-refractivity contribution in [3.63, 3.8) is 0 Å². The van der Waals surface area contributed by atoms with Crippen LogP contribution in [0.1, 0.15) is 11.1 Å². The minimum Gasteiger partial charge on any atom is -0.496 e. The van der Waals surface area contributed by atoms with Gasteiger partial charge in [-0.1, -0.05) is 15.9 Å². The van der Waals surface area contributed by atoms with E-state index in [2.05, 4.69) is 15.9 Å². The third-order valence-corrected chi connectivity index (χ3v) is 2.80. The molecule has 0 aromatic heterocycles. The van der Waals surface area contributed by atoms with Crippen LogP contribution < -0.4 is 10.5 Å². The van der Waals surface area contributed by atoms with Gasteiger partial charge < -0.3 is 10.5 Å². The van der Waals surface area contributed by atoms with Crippen LogP contribution in [0, 0.1) is 0 Å². The molecular weight excluding hydrogens is 287 g/mol. The molecule has 0 aliphatic rings. The first-order valence-corrected chi connectivity index (χ1v) is 5.33. The van der Waals surface area contributed by atoms with Gasteiger partial charge in [0.15, 0.2) is 0 Å². The monoisotopic (exact) mass is 297 g/mol. The zero-order valence-corrected chi connectivity index (χ0v) is 10.2. The van der Waals surface area contributed by atoms with Crippen molar-refractivity contribution in [2.24, 2.45) is 5.73 Å². The molecule has 0 amide bonds. The Kier molecular flexibility index (Phi) is 4.21. The van der Waals surface area contributed by atoms with Crippen LogP contribution in [0.15, 0.2) is 16.6 Å². The lowest BCUT2D eigenvalue weighted by Gasteiger charge is -2.14. The summed E-state index contributed by atoms with van der Waals surface area (Å²) < 4.78 is 42.8. The summed E-state index contributed by atoms with van der Waals surface area (Å²) in [5, 5.41) is 0.